The molecule has 1 aromatic carbocycles. The second kappa shape index (κ2) is 10.3. The first-order valence-electron chi connectivity index (χ1n) is 12.1. The number of aromatic nitrogens is 2. The van der Waals surface area contributed by atoms with Crippen LogP contribution in [0.1, 0.15) is 44.9 Å². The van der Waals surface area contributed by atoms with Crippen LogP contribution in [0.25, 0.3) is 6.08 Å². The van der Waals surface area contributed by atoms with Gasteiger partial charge < -0.3 is 14.9 Å². The van der Waals surface area contributed by atoms with Crippen molar-refractivity contribution in [2.24, 2.45) is 5.92 Å². The Morgan fingerprint density at radius 2 is 1.97 bits per heavy atom. The van der Waals surface area contributed by atoms with E-state index in [9.17, 15) is 19.5 Å². The number of anilines is 1. The van der Waals surface area contributed by atoms with E-state index in [1.54, 1.807) is 18.3 Å². The van der Waals surface area contributed by atoms with Gasteiger partial charge >= 0.3 is 12.1 Å². The Bertz CT molecular complexity index is 1160. The zero-order valence-corrected chi connectivity index (χ0v) is 20.8. The van der Waals surface area contributed by atoms with E-state index in [4.69, 9.17) is 0 Å². The molecule has 36 heavy (non-hydrogen) atoms. The van der Waals surface area contributed by atoms with E-state index >= 15 is 0 Å². The number of rotatable bonds is 6. The van der Waals surface area contributed by atoms with Crippen LogP contribution in [0.15, 0.2) is 48.3 Å². The van der Waals surface area contributed by atoms with Crippen molar-refractivity contribution in [3.05, 3.63) is 59.5 Å². The first kappa shape index (κ1) is 25.2. The lowest BCUT2D eigenvalue weighted by atomic mass is 9.95. The zero-order valence-electron chi connectivity index (χ0n) is 20.8. The molecule has 190 valence electrons. The molecule has 1 aromatic heterocycles. The fourth-order valence-electron chi connectivity index (χ4n) is 4.55. The maximum atomic E-state index is 12.5. The minimum Gasteiger partial charge on any atom is -0.465 e. The van der Waals surface area contributed by atoms with Gasteiger partial charge in [-0.25, -0.2) is 19.6 Å². The predicted molar refractivity (Wildman–Crippen MR) is 135 cm³/mol. The van der Waals surface area contributed by atoms with Crippen molar-refractivity contribution in [1.29, 1.82) is 0 Å². The molecule has 0 spiro atoms. The number of carbonyl (C=O) groups is 3. The maximum Gasteiger partial charge on any atom is 0.407 e. The van der Waals surface area contributed by atoms with Crippen molar-refractivity contribution >= 4 is 30.1 Å². The van der Waals surface area contributed by atoms with Crippen molar-refractivity contribution in [2.45, 2.75) is 45.7 Å². The Kier molecular flexibility index (Phi) is 7.23. The highest BCUT2D eigenvalue weighted by Crippen LogP contribution is 2.25. The van der Waals surface area contributed by atoms with Crippen LogP contribution in [-0.2, 0) is 11.3 Å². The minimum absolute atomic E-state index is 0.152. The van der Waals surface area contributed by atoms with Gasteiger partial charge in [-0.3, -0.25) is 15.0 Å². The van der Waals surface area contributed by atoms with Crippen molar-refractivity contribution in [2.75, 3.05) is 24.5 Å². The number of nitrogens with one attached hydrogen (secondary N) is 1. The fraction of sp³-hybridized carbons (Fsp3) is 0.423. The van der Waals surface area contributed by atoms with Gasteiger partial charge in [0.25, 0.3) is 5.91 Å². The van der Waals surface area contributed by atoms with E-state index in [1.165, 1.54) is 9.80 Å². The summed E-state index contributed by atoms with van der Waals surface area (Å²) < 4.78 is 0. The van der Waals surface area contributed by atoms with Crippen molar-refractivity contribution < 1.29 is 19.5 Å². The molecule has 3 heterocycles. The minimum atomic E-state index is -0.922. The summed E-state index contributed by atoms with van der Waals surface area (Å²) in [7, 11) is 0. The number of benzene rings is 1. The lowest BCUT2D eigenvalue weighted by molar-refractivity contribution is -0.116. The maximum absolute atomic E-state index is 12.5. The van der Waals surface area contributed by atoms with Crippen LogP contribution in [0.4, 0.5) is 15.5 Å². The molecule has 2 aromatic rings. The molecule has 4 amide bonds. The van der Waals surface area contributed by atoms with Crippen molar-refractivity contribution in [3.63, 3.8) is 0 Å². The first-order chi connectivity index (χ1) is 17.1. The highest BCUT2D eigenvalue weighted by Gasteiger charge is 2.34. The number of nitrogens with zero attached hydrogens (tertiary/aromatic N) is 5. The lowest BCUT2D eigenvalue weighted by Gasteiger charge is -2.39. The van der Waals surface area contributed by atoms with E-state index in [2.05, 4.69) is 20.2 Å². The second-order valence-corrected chi connectivity index (χ2v) is 10.2. The number of imide groups is 1. The number of hydrogen-bond acceptors (Lipinski definition) is 6. The number of carboxylic acid groups (broad SMARTS) is 1. The third-order valence-corrected chi connectivity index (χ3v) is 6.40. The Hall–Kier alpha value is -3.95. The number of amides is 4. The van der Waals surface area contributed by atoms with E-state index in [1.807, 2.05) is 51.1 Å². The van der Waals surface area contributed by atoms with Gasteiger partial charge in [0.05, 0.1) is 12.2 Å². The molecule has 10 nitrogen and oxygen atoms in total. The standard InChI is InChI=1S/C26H32N6O4/c1-26(2,3)32(25(35)36)17-19-10-7-13-30(15-19)23-27-12-11-20(28-23)14-21-22(33)29-24(34)31(21)16-18-8-5-4-6-9-18/h4-6,8-9,11-12,14,19H,7,10,13,15-17H2,1-3H3,(H,35,36)(H,29,33,34)/b21-14-. The number of piperidine rings is 1. The molecule has 1 atom stereocenters. The second-order valence-electron chi connectivity index (χ2n) is 10.2. The number of hydrogen-bond donors (Lipinski definition) is 2. The molecule has 2 aliphatic rings. The Labute approximate surface area is 210 Å². The van der Waals surface area contributed by atoms with Crippen LogP contribution < -0.4 is 10.2 Å². The molecule has 2 N–H and O–H groups in total. The molecule has 4 rings (SSSR count). The van der Waals surface area contributed by atoms with Gasteiger partial charge in [0.15, 0.2) is 0 Å². The summed E-state index contributed by atoms with van der Waals surface area (Å²) in [6.45, 7) is 7.79. The smallest absolute Gasteiger partial charge is 0.407 e. The largest absolute Gasteiger partial charge is 0.465 e. The van der Waals surface area contributed by atoms with Crippen LogP contribution in [0.5, 0.6) is 0 Å². The van der Waals surface area contributed by atoms with E-state index in [0.29, 0.717) is 24.7 Å². The molecule has 0 aliphatic carbocycles. The third kappa shape index (κ3) is 5.81. The molecule has 2 aliphatic heterocycles. The number of carbonyl (C=O) groups excluding carboxylic acids is 2. The fourth-order valence-corrected chi connectivity index (χ4v) is 4.55. The lowest BCUT2D eigenvalue weighted by Crippen LogP contribution is -2.50. The molecular formula is C26H32N6O4. The van der Waals surface area contributed by atoms with Crippen LogP contribution in [-0.4, -0.2) is 68.1 Å². The van der Waals surface area contributed by atoms with Crippen LogP contribution in [0, 0.1) is 5.92 Å². The Balaban J connectivity index is 1.52. The molecular weight excluding hydrogens is 460 g/mol. The summed E-state index contributed by atoms with van der Waals surface area (Å²) in [6, 6.07) is 10.7. The van der Waals surface area contributed by atoms with E-state index < -0.39 is 23.6 Å². The quantitative estimate of drug-likeness (QED) is 0.467. The Morgan fingerprint density at radius 3 is 2.67 bits per heavy atom. The Morgan fingerprint density at radius 1 is 1.22 bits per heavy atom. The van der Waals surface area contributed by atoms with Gasteiger partial charge in [0, 0.05) is 31.4 Å². The molecule has 1 unspecified atom stereocenters. The molecule has 0 bridgehead atoms. The first-order valence-corrected chi connectivity index (χ1v) is 12.1. The molecule has 10 heteroatoms. The van der Waals surface area contributed by atoms with Crippen LogP contribution >= 0.6 is 0 Å². The number of urea groups is 1. The SMILES string of the molecule is CC(C)(C)N(CC1CCCN(c2nccc(/C=C3/C(=O)NC(=O)N3Cc3ccccc3)n2)C1)C(=O)O. The summed E-state index contributed by atoms with van der Waals surface area (Å²) >= 11 is 0. The van der Waals surface area contributed by atoms with Gasteiger partial charge in [-0.05, 0) is 57.2 Å². The van der Waals surface area contributed by atoms with Crippen LogP contribution in [0.2, 0.25) is 0 Å². The van der Waals surface area contributed by atoms with Crippen molar-refractivity contribution in [1.82, 2.24) is 25.1 Å². The monoisotopic (exact) mass is 492 g/mol. The summed E-state index contributed by atoms with van der Waals surface area (Å²) in [5.41, 5.74) is 1.16. The summed E-state index contributed by atoms with van der Waals surface area (Å²) in [4.78, 5) is 50.7. The van der Waals surface area contributed by atoms with Gasteiger partial charge in [0.2, 0.25) is 5.95 Å². The molecule has 0 saturated carbocycles. The van der Waals surface area contributed by atoms with E-state index in [0.717, 1.165) is 24.9 Å². The predicted octanol–water partition coefficient (Wildman–Crippen LogP) is 3.56. The topological polar surface area (TPSA) is 119 Å². The zero-order chi connectivity index (χ0) is 25.9. The summed E-state index contributed by atoms with van der Waals surface area (Å²) in [6.07, 6.45) is 4.14. The third-order valence-electron chi connectivity index (χ3n) is 6.40. The van der Waals surface area contributed by atoms with E-state index in [-0.39, 0.29) is 18.2 Å². The average Bonchev–Trinajstić information content (AvgIpc) is 3.09. The van der Waals surface area contributed by atoms with Gasteiger partial charge in [-0.15, -0.1) is 0 Å². The average molecular weight is 493 g/mol. The molecule has 2 saturated heterocycles. The summed E-state index contributed by atoms with van der Waals surface area (Å²) in [5.74, 6) is 0.204. The highest BCUT2D eigenvalue weighted by atomic mass is 16.4. The highest BCUT2D eigenvalue weighted by molar-refractivity contribution is 6.13. The van der Waals surface area contributed by atoms with Crippen LogP contribution in [0.3, 0.4) is 0 Å². The normalized spacial score (nSPS) is 19.5. The summed E-state index contributed by atoms with van der Waals surface area (Å²) in [5, 5.41) is 12.0. The van der Waals surface area contributed by atoms with Crippen molar-refractivity contribution in [3.8, 4) is 0 Å². The van der Waals surface area contributed by atoms with Gasteiger partial charge in [0.1, 0.15) is 5.70 Å². The molecule has 0 radical (unpaired) electrons. The van der Waals surface area contributed by atoms with Gasteiger partial charge in [-0.1, -0.05) is 30.3 Å². The van der Waals surface area contributed by atoms with Gasteiger partial charge in [-0.2, -0.15) is 0 Å². The molecule has 2 fully saturated rings.